The predicted octanol–water partition coefficient (Wildman–Crippen LogP) is 1.97. The van der Waals surface area contributed by atoms with Gasteiger partial charge in [-0.15, -0.1) is 0 Å². The zero-order valence-electron chi connectivity index (χ0n) is 13.7. The number of nitrogens with zero attached hydrogens (tertiary/aromatic N) is 3. The van der Waals surface area contributed by atoms with Gasteiger partial charge >= 0.3 is 0 Å². The Labute approximate surface area is 136 Å². The highest BCUT2D eigenvalue weighted by atomic mass is 16.5. The minimum Gasteiger partial charge on any atom is -0.468 e. The van der Waals surface area contributed by atoms with Gasteiger partial charge in [-0.25, -0.2) is 0 Å². The number of hydrogen-bond donors (Lipinski definition) is 0. The molecule has 4 heterocycles. The number of aromatic nitrogens is 1. The fourth-order valence-electron chi connectivity index (χ4n) is 3.71. The summed E-state index contributed by atoms with van der Waals surface area (Å²) in [6.45, 7) is 9.46. The first kappa shape index (κ1) is 14.9. The zero-order valence-corrected chi connectivity index (χ0v) is 13.7. The topological polar surface area (TPSA) is 54.9 Å². The van der Waals surface area contributed by atoms with Crippen LogP contribution in [0.5, 0.6) is 0 Å². The summed E-state index contributed by atoms with van der Waals surface area (Å²) in [6.07, 6.45) is 2.01. The Morgan fingerprint density at radius 2 is 2.17 bits per heavy atom. The van der Waals surface area contributed by atoms with Gasteiger partial charge in [-0.2, -0.15) is 0 Å². The lowest BCUT2D eigenvalue weighted by atomic mass is 10.1. The fourth-order valence-corrected chi connectivity index (χ4v) is 3.71. The SMILES string of the molecule is Cc1noc(C)c1CN1CCO[C@@H]2CN(Cc3ccco3)C[C@@H]21. The lowest BCUT2D eigenvalue weighted by molar-refractivity contribution is -0.0506. The largest absolute Gasteiger partial charge is 0.468 e. The molecule has 2 atom stereocenters. The molecule has 0 aromatic carbocycles. The van der Waals surface area contributed by atoms with Crippen LogP contribution in [-0.4, -0.2) is 53.3 Å². The summed E-state index contributed by atoms with van der Waals surface area (Å²) in [5.41, 5.74) is 2.21. The van der Waals surface area contributed by atoms with Crippen molar-refractivity contribution in [2.24, 2.45) is 0 Å². The van der Waals surface area contributed by atoms with Crippen LogP contribution in [0.3, 0.4) is 0 Å². The molecule has 124 valence electrons. The van der Waals surface area contributed by atoms with Crippen LogP contribution < -0.4 is 0 Å². The molecule has 0 amide bonds. The summed E-state index contributed by atoms with van der Waals surface area (Å²) in [5, 5.41) is 4.08. The fraction of sp³-hybridized carbons (Fsp3) is 0.588. The van der Waals surface area contributed by atoms with Gasteiger partial charge in [0, 0.05) is 31.7 Å². The van der Waals surface area contributed by atoms with E-state index in [-0.39, 0.29) is 6.10 Å². The monoisotopic (exact) mass is 317 g/mol. The van der Waals surface area contributed by atoms with Crippen molar-refractivity contribution in [1.82, 2.24) is 15.0 Å². The number of ether oxygens (including phenoxy) is 1. The molecule has 2 aliphatic rings. The van der Waals surface area contributed by atoms with Crippen molar-refractivity contribution in [3.63, 3.8) is 0 Å². The Kier molecular flexibility index (Phi) is 3.97. The van der Waals surface area contributed by atoms with Crippen LogP contribution in [0.15, 0.2) is 27.3 Å². The van der Waals surface area contributed by atoms with Crippen molar-refractivity contribution in [2.45, 2.75) is 39.1 Å². The number of likely N-dealkylation sites (tertiary alicyclic amines) is 1. The third-order valence-electron chi connectivity index (χ3n) is 4.99. The Hall–Kier alpha value is -1.63. The van der Waals surface area contributed by atoms with E-state index in [1.54, 1.807) is 6.26 Å². The Balaban J connectivity index is 1.45. The first-order chi connectivity index (χ1) is 11.2. The Bertz CT molecular complexity index is 633. The van der Waals surface area contributed by atoms with Gasteiger partial charge in [-0.3, -0.25) is 9.80 Å². The molecule has 0 bridgehead atoms. The van der Waals surface area contributed by atoms with Gasteiger partial charge in [0.2, 0.25) is 0 Å². The highest BCUT2D eigenvalue weighted by molar-refractivity contribution is 5.21. The van der Waals surface area contributed by atoms with Crippen LogP contribution in [0, 0.1) is 13.8 Å². The summed E-state index contributed by atoms with van der Waals surface area (Å²) >= 11 is 0. The van der Waals surface area contributed by atoms with E-state index >= 15 is 0 Å². The Morgan fingerprint density at radius 3 is 2.91 bits per heavy atom. The third-order valence-corrected chi connectivity index (χ3v) is 4.99. The molecule has 0 radical (unpaired) electrons. The molecule has 0 saturated carbocycles. The number of aryl methyl sites for hydroxylation is 2. The number of furan rings is 1. The summed E-state index contributed by atoms with van der Waals surface area (Å²) < 4.78 is 16.8. The summed E-state index contributed by atoms with van der Waals surface area (Å²) in [6, 6.07) is 4.40. The van der Waals surface area contributed by atoms with Crippen molar-refractivity contribution < 1.29 is 13.7 Å². The zero-order chi connectivity index (χ0) is 15.8. The average Bonchev–Trinajstić information content (AvgIpc) is 3.25. The number of hydrogen-bond acceptors (Lipinski definition) is 6. The van der Waals surface area contributed by atoms with E-state index in [1.165, 1.54) is 5.56 Å². The maximum absolute atomic E-state index is 6.01. The standard InChI is InChI=1S/C17H23N3O3/c1-12-15(13(2)23-18-12)9-20-5-7-22-17-11-19(10-16(17)20)8-14-4-3-6-21-14/h3-4,6,16-17H,5,7-11H2,1-2H3/t16-,17+/m0/s1. The molecule has 0 spiro atoms. The van der Waals surface area contributed by atoms with Crippen molar-refractivity contribution in [3.8, 4) is 0 Å². The molecular weight excluding hydrogens is 294 g/mol. The van der Waals surface area contributed by atoms with Crippen LogP contribution in [0.4, 0.5) is 0 Å². The second-order valence-corrected chi connectivity index (χ2v) is 6.52. The minimum atomic E-state index is 0.277. The van der Waals surface area contributed by atoms with Gasteiger partial charge in [0.1, 0.15) is 11.5 Å². The summed E-state index contributed by atoms with van der Waals surface area (Å²) in [4.78, 5) is 4.93. The maximum Gasteiger partial charge on any atom is 0.138 e. The van der Waals surface area contributed by atoms with E-state index < -0.39 is 0 Å². The van der Waals surface area contributed by atoms with E-state index in [0.29, 0.717) is 6.04 Å². The third kappa shape index (κ3) is 2.94. The van der Waals surface area contributed by atoms with Crippen molar-refractivity contribution in [3.05, 3.63) is 41.2 Å². The second kappa shape index (κ2) is 6.11. The van der Waals surface area contributed by atoms with E-state index in [4.69, 9.17) is 13.7 Å². The molecule has 0 unspecified atom stereocenters. The molecule has 2 aromatic rings. The van der Waals surface area contributed by atoms with Gasteiger partial charge in [0.05, 0.1) is 37.3 Å². The Morgan fingerprint density at radius 1 is 1.26 bits per heavy atom. The maximum atomic E-state index is 6.01. The van der Waals surface area contributed by atoms with E-state index in [1.807, 2.05) is 26.0 Å². The molecule has 2 aromatic heterocycles. The van der Waals surface area contributed by atoms with Crippen molar-refractivity contribution in [2.75, 3.05) is 26.2 Å². The molecule has 23 heavy (non-hydrogen) atoms. The molecule has 6 heteroatoms. The lowest BCUT2D eigenvalue weighted by Gasteiger charge is -2.36. The van der Waals surface area contributed by atoms with Gasteiger partial charge in [-0.05, 0) is 26.0 Å². The minimum absolute atomic E-state index is 0.277. The van der Waals surface area contributed by atoms with Gasteiger partial charge < -0.3 is 13.7 Å². The molecule has 6 nitrogen and oxygen atoms in total. The average molecular weight is 317 g/mol. The van der Waals surface area contributed by atoms with Crippen LogP contribution in [0.1, 0.15) is 22.8 Å². The van der Waals surface area contributed by atoms with E-state index in [2.05, 4.69) is 15.0 Å². The van der Waals surface area contributed by atoms with Crippen LogP contribution in [0.2, 0.25) is 0 Å². The number of fused-ring (bicyclic) bond motifs is 1. The molecule has 0 N–H and O–H groups in total. The summed E-state index contributed by atoms with van der Waals surface area (Å²) in [5.74, 6) is 1.94. The highest BCUT2D eigenvalue weighted by Gasteiger charge is 2.40. The molecule has 4 rings (SSSR count). The van der Waals surface area contributed by atoms with Crippen LogP contribution >= 0.6 is 0 Å². The predicted molar refractivity (Wildman–Crippen MR) is 83.9 cm³/mol. The molecular formula is C17H23N3O3. The first-order valence-corrected chi connectivity index (χ1v) is 8.23. The quantitative estimate of drug-likeness (QED) is 0.859. The lowest BCUT2D eigenvalue weighted by Crippen LogP contribution is -2.50. The normalized spacial score (nSPS) is 25.8. The molecule has 2 saturated heterocycles. The first-order valence-electron chi connectivity index (χ1n) is 8.23. The van der Waals surface area contributed by atoms with Crippen LogP contribution in [-0.2, 0) is 17.8 Å². The number of morpholine rings is 1. The molecule has 2 fully saturated rings. The summed E-state index contributed by atoms with van der Waals surface area (Å²) in [7, 11) is 0. The van der Waals surface area contributed by atoms with E-state index in [9.17, 15) is 0 Å². The van der Waals surface area contributed by atoms with E-state index in [0.717, 1.165) is 56.5 Å². The second-order valence-electron chi connectivity index (χ2n) is 6.52. The van der Waals surface area contributed by atoms with Gasteiger partial charge in [-0.1, -0.05) is 5.16 Å². The highest BCUT2D eigenvalue weighted by Crippen LogP contribution is 2.27. The van der Waals surface area contributed by atoms with Crippen LogP contribution in [0.25, 0.3) is 0 Å². The molecule has 2 aliphatic heterocycles. The molecule has 0 aliphatic carbocycles. The number of rotatable bonds is 4. The van der Waals surface area contributed by atoms with Crippen molar-refractivity contribution >= 4 is 0 Å². The smallest absolute Gasteiger partial charge is 0.138 e. The van der Waals surface area contributed by atoms with Crippen molar-refractivity contribution in [1.29, 1.82) is 0 Å². The van der Waals surface area contributed by atoms with Gasteiger partial charge in [0.15, 0.2) is 0 Å². The van der Waals surface area contributed by atoms with Gasteiger partial charge in [0.25, 0.3) is 0 Å².